The summed E-state index contributed by atoms with van der Waals surface area (Å²) < 4.78 is 45.4. The number of aromatic nitrogens is 2. The summed E-state index contributed by atoms with van der Waals surface area (Å²) in [5, 5.41) is 2.78. The molecule has 9 nitrogen and oxygen atoms in total. The van der Waals surface area contributed by atoms with Crippen molar-refractivity contribution in [2.24, 2.45) is 11.7 Å². The highest BCUT2D eigenvalue weighted by molar-refractivity contribution is 7.19. The molecule has 13 heteroatoms. The molecule has 0 spiro atoms. The molecule has 1 fully saturated rings. The van der Waals surface area contributed by atoms with Gasteiger partial charge in [-0.3, -0.25) is 19.9 Å². The van der Waals surface area contributed by atoms with E-state index in [4.69, 9.17) is 10.5 Å². The summed E-state index contributed by atoms with van der Waals surface area (Å²) >= 11 is 1.06. The molecule has 0 radical (unpaired) electrons. The minimum Gasteiger partial charge on any atom is -0.466 e. The van der Waals surface area contributed by atoms with Gasteiger partial charge in [0.15, 0.2) is 5.13 Å². The van der Waals surface area contributed by atoms with E-state index in [1.807, 2.05) is 0 Å². The molecular weight excluding hydrogens is 487 g/mol. The maximum atomic E-state index is 13.5. The van der Waals surface area contributed by atoms with Crippen LogP contribution in [0.25, 0.3) is 10.4 Å². The Morgan fingerprint density at radius 2 is 2.00 bits per heavy atom. The van der Waals surface area contributed by atoms with Crippen LogP contribution in [0.3, 0.4) is 0 Å². The number of esters is 1. The molecule has 2 atom stereocenters. The monoisotopic (exact) mass is 513 g/mol. The predicted molar refractivity (Wildman–Crippen MR) is 123 cm³/mol. The van der Waals surface area contributed by atoms with Gasteiger partial charge in [-0.1, -0.05) is 11.3 Å². The van der Waals surface area contributed by atoms with Crippen molar-refractivity contribution in [3.05, 3.63) is 29.7 Å². The number of hydrogen-bond acceptors (Lipinski definition) is 7. The normalized spacial score (nSPS) is 18.4. The smallest absolute Gasteiger partial charge is 0.399 e. The summed E-state index contributed by atoms with van der Waals surface area (Å²) in [5.41, 5.74) is 4.09. The number of halogens is 3. The van der Waals surface area contributed by atoms with Crippen molar-refractivity contribution >= 4 is 34.4 Å². The van der Waals surface area contributed by atoms with Crippen molar-refractivity contribution < 1.29 is 32.3 Å². The number of hydrogen-bond donors (Lipinski definition) is 2. The Labute approximate surface area is 203 Å². The summed E-state index contributed by atoms with van der Waals surface area (Å²) in [6.07, 6.45) is -3.14. The van der Waals surface area contributed by atoms with Gasteiger partial charge in [-0.05, 0) is 51.8 Å². The molecule has 0 aromatic carbocycles. The molecule has 190 valence electrons. The van der Waals surface area contributed by atoms with Crippen LogP contribution in [0.15, 0.2) is 18.3 Å². The van der Waals surface area contributed by atoms with Gasteiger partial charge in [-0.25, -0.2) is 9.78 Å². The lowest BCUT2D eigenvalue weighted by Gasteiger charge is -2.27. The van der Waals surface area contributed by atoms with Crippen LogP contribution >= 0.6 is 11.3 Å². The number of anilines is 1. The average molecular weight is 514 g/mol. The van der Waals surface area contributed by atoms with E-state index in [9.17, 15) is 27.6 Å². The van der Waals surface area contributed by atoms with E-state index >= 15 is 0 Å². The zero-order valence-electron chi connectivity index (χ0n) is 19.6. The topological polar surface area (TPSA) is 128 Å². The van der Waals surface area contributed by atoms with E-state index in [-0.39, 0.29) is 30.4 Å². The molecule has 3 N–H and O–H groups in total. The summed E-state index contributed by atoms with van der Waals surface area (Å²) in [7, 11) is 0. The first-order valence-electron chi connectivity index (χ1n) is 10.8. The lowest BCUT2D eigenvalue weighted by Crippen LogP contribution is -2.45. The molecule has 1 aliphatic rings. The van der Waals surface area contributed by atoms with E-state index in [1.165, 1.54) is 12.3 Å². The first-order valence-corrected chi connectivity index (χ1v) is 11.6. The van der Waals surface area contributed by atoms with Gasteiger partial charge in [-0.2, -0.15) is 13.2 Å². The molecule has 1 saturated heterocycles. The maximum absolute atomic E-state index is 13.5. The van der Waals surface area contributed by atoms with Crippen LogP contribution in [0.1, 0.15) is 38.6 Å². The number of rotatable bonds is 6. The van der Waals surface area contributed by atoms with E-state index in [2.05, 4.69) is 15.3 Å². The Balaban J connectivity index is 1.82. The standard InChI is InChI=1S/C22H26F3N5O4S/c1-5-34-18(32)13-8-14(17(26)31)30(10-13)20(33)29-19-28-11(2)16(35-19)12-6-7-27-15(9-12)21(3,4)22(23,24)25/h6-7,9,13-14H,5,8,10H2,1-4H3,(H2,26,31)(H,28,29,33)/t13-,14+/m1/s1. The number of pyridine rings is 1. The predicted octanol–water partition coefficient (Wildman–Crippen LogP) is 3.62. The summed E-state index contributed by atoms with van der Waals surface area (Å²) in [6, 6.07) is 1.26. The molecule has 3 amide bonds. The number of nitrogens with one attached hydrogen (secondary N) is 1. The van der Waals surface area contributed by atoms with Gasteiger partial charge in [0.1, 0.15) is 11.5 Å². The number of alkyl halides is 3. The number of carbonyl (C=O) groups is 3. The highest BCUT2D eigenvalue weighted by Crippen LogP contribution is 2.41. The van der Waals surface area contributed by atoms with Crippen molar-refractivity contribution in [1.29, 1.82) is 0 Å². The summed E-state index contributed by atoms with van der Waals surface area (Å²) in [6.45, 7) is 5.55. The van der Waals surface area contributed by atoms with E-state index in [1.54, 1.807) is 19.9 Å². The third-order valence-corrected chi connectivity index (χ3v) is 7.01. The minimum absolute atomic E-state index is 0.0459. The van der Waals surface area contributed by atoms with Gasteiger partial charge in [0.25, 0.3) is 0 Å². The average Bonchev–Trinajstić information content (AvgIpc) is 3.37. The van der Waals surface area contributed by atoms with Gasteiger partial charge in [0.05, 0.1) is 28.8 Å². The Morgan fingerprint density at radius 1 is 1.31 bits per heavy atom. The lowest BCUT2D eigenvalue weighted by atomic mass is 9.87. The van der Waals surface area contributed by atoms with Crippen LogP contribution in [-0.4, -0.2) is 58.1 Å². The third kappa shape index (κ3) is 5.39. The van der Waals surface area contributed by atoms with Gasteiger partial charge in [-0.15, -0.1) is 0 Å². The van der Waals surface area contributed by atoms with E-state index in [0.717, 1.165) is 30.1 Å². The second kappa shape index (κ2) is 9.80. The van der Waals surface area contributed by atoms with Gasteiger partial charge < -0.3 is 15.4 Å². The highest BCUT2D eigenvalue weighted by Gasteiger charge is 2.49. The Bertz CT molecular complexity index is 1130. The number of likely N-dealkylation sites (tertiary alicyclic amines) is 1. The second-order valence-electron chi connectivity index (χ2n) is 8.67. The fourth-order valence-corrected chi connectivity index (χ4v) is 4.65. The fraction of sp³-hybridized carbons (Fsp3) is 0.500. The first-order chi connectivity index (χ1) is 16.3. The van der Waals surface area contributed by atoms with E-state index < -0.39 is 41.5 Å². The fourth-order valence-electron chi connectivity index (χ4n) is 3.70. The van der Waals surface area contributed by atoms with Crippen molar-refractivity contribution in [2.45, 2.75) is 51.7 Å². The Morgan fingerprint density at radius 3 is 2.60 bits per heavy atom. The zero-order valence-corrected chi connectivity index (χ0v) is 20.4. The Hall–Kier alpha value is -3.22. The van der Waals surface area contributed by atoms with Crippen molar-refractivity contribution in [3.8, 4) is 10.4 Å². The zero-order chi connectivity index (χ0) is 26.1. The number of carbonyl (C=O) groups excluding carboxylic acids is 3. The number of nitrogens with zero attached hydrogens (tertiary/aromatic N) is 3. The molecule has 3 rings (SSSR count). The molecule has 35 heavy (non-hydrogen) atoms. The van der Waals surface area contributed by atoms with Gasteiger partial charge in [0, 0.05) is 12.7 Å². The minimum atomic E-state index is -4.49. The van der Waals surface area contributed by atoms with Crippen LogP contribution < -0.4 is 11.1 Å². The van der Waals surface area contributed by atoms with E-state index in [0.29, 0.717) is 16.1 Å². The third-order valence-electron chi connectivity index (χ3n) is 5.89. The second-order valence-corrected chi connectivity index (χ2v) is 9.67. The molecule has 0 unspecified atom stereocenters. The quantitative estimate of drug-likeness (QED) is 0.568. The number of amides is 3. The number of aryl methyl sites for hydroxylation is 1. The molecule has 2 aromatic heterocycles. The molecule has 0 bridgehead atoms. The molecule has 0 saturated carbocycles. The van der Waals surface area contributed by atoms with Crippen LogP contribution in [0.4, 0.5) is 23.1 Å². The van der Waals surface area contributed by atoms with Crippen LogP contribution in [-0.2, 0) is 19.7 Å². The van der Waals surface area contributed by atoms with Gasteiger partial charge in [0.2, 0.25) is 5.91 Å². The maximum Gasteiger partial charge on any atom is 0.399 e. The van der Waals surface area contributed by atoms with Crippen molar-refractivity contribution in [3.63, 3.8) is 0 Å². The summed E-state index contributed by atoms with van der Waals surface area (Å²) in [5.74, 6) is -1.95. The van der Waals surface area contributed by atoms with Crippen molar-refractivity contribution in [1.82, 2.24) is 14.9 Å². The largest absolute Gasteiger partial charge is 0.466 e. The summed E-state index contributed by atoms with van der Waals surface area (Å²) in [4.78, 5) is 46.8. The van der Waals surface area contributed by atoms with Crippen LogP contribution in [0.5, 0.6) is 0 Å². The number of urea groups is 1. The molecular formula is C22H26F3N5O4S. The molecule has 3 heterocycles. The number of nitrogens with two attached hydrogens (primary N) is 1. The number of thiazole rings is 1. The SMILES string of the molecule is CCOC(=O)[C@@H]1C[C@@H](C(N)=O)N(C(=O)Nc2nc(C)c(-c3ccnc(C(C)(C)C(F)(F)F)c3)s2)C1. The van der Waals surface area contributed by atoms with Crippen LogP contribution in [0, 0.1) is 12.8 Å². The van der Waals surface area contributed by atoms with Crippen LogP contribution in [0.2, 0.25) is 0 Å². The number of primary amides is 1. The number of ether oxygens (including phenoxy) is 1. The lowest BCUT2D eigenvalue weighted by molar-refractivity contribution is -0.181. The first kappa shape index (κ1) is 26.4. The highest BCUT2D eigenvalue weighted by atomic mass is 32.1. The Kier molecular flexibility index (Phi) is 7.39. The van der Waals surface area contributed by atoms with Crippen molar-refractivity contribution in [2.75, 3.05) is 18.5 Å². The molecule has 2 aromatic rings. The van der Waals surface area contributed by atoms with Gasteiger partial charge >= 0.3 is 18.2 Å². The molecule has 0 aliphatic carbocycles. The molecule has 1 aliphatic heterocycles.